The average molecular weight is 266 g/mol. The molecule has 0 unspecified atom stereocenters. The molecule has 0 fully saturated rings. The molecule has 0 saturated heterocycles. The Kier molecular flexibility index (Phi) is 2.61. The number of benzene rings is 2. The van der Waals surface area contributed by atoms with E-state index in [0.717, 1.165) is 5.69 Å². The first kappa shape index (κ1) is 12.4. The molecular formula is C16H14N2O2. The monoisotopic (exact) mass is 266 g/mol. The highest BCUT2D eigenvalue weighted by Crippen LogP contribution is 2.35. The molecule has 0 saturated carbocycles. The Hall–Kier alpha value is -2.62. The van der Waals surface area contributed by atoms with Crippen LogP contribution in [0.5, 0.6) is 0 Å². The molecular weight excluding hydrogens is 252 g/mol. The maximum absolute atomic E-state index is 12.6. The van der Waals surface area contributed by atoms with Gasteiger partial charge in [0.2, 0.25) is 0 Å². The van der Waals surface area contributed by atoms with Gasteiger partial charge in [-0.1, -0.05) is 24.3 Å². The molecule has 0 spiro atoms. The molecule has 1 aliphatic rings. The van der Waals surface area contributed by atoms with Crippen LogP contribution in [0.2, 0.25) is 0 Å². The Balaban J connectivity index is 2.31. The molecule has 2 N–H and O–H groups in total. The lowest BCUT2D eigenvalue weighted by Gasteiger charge is -2.23. The lowest BCUT2D eigenvalue weighted by molar-refractivity contribution is 0.0980. The number of nitrogens with two attached hydrogens (primary N) is 1. The zero-order valence-electron chi connectivity index (χ0n) is 11.3. The summed E-state index contributed by atoms with van der Waals surface area (Å²) in [6.45, 7) is 0. The second-order valence-corrected chi connectivity index (χ2v) is 5.02. The summed E-state index contributed by atoms with van der Waals surface area (Å²) in [4.78, 5) is 26.9. The molecule has 0 heterocycles. The molecule has 0 bridgehead atoms. The summed E-state index contributed by atoms with van der Waals surface area (Å²) >= 11 is 0. The number of fused-ring (bicyclic) bond motifs is 2. The van der Waals surface area contributed by atoms with Crippen molar-refractivity contribution in [2.45, 2.75) is 0 Å². The van der Waals surface area contributed by atoms with Gasteiger partial charge in [-0.15, -0.1) is 0 Å². The van der Waals surface area contributed by atoms with Gasteiger partial charge in [0.05, 0.1) is 16.9 Å². The molecule has 0 aliphatic heterocycles. The zero-order chi connectivity index (χ0) is 14.4. The Labute approximate surface area is 116 Å². The summed E-state index contributed by atoms with van der Waals surface area (Å²) in [7, 11) is 3.70. The molecule has 0 radical (unpaired) electrons. The number of ketones is 2. The Morgan fingerprint density at radius 1 is 0.850 bits per heavy atom. The fraction of sp³-hybridized carbons (Fsp3) is 0.125. The fourth-order valence-corrected chi connectivity index (χ4v) is 2.59. The average Bonchev–Trinajstić information content (AvgIpc) is 2.44. The van der Waals surface area contributed by atoms with Gasteiger partial charge in [-0.25, -0.2) is 0 Å². The molecule has 20 heavy (non-hydrogen) atoms. The van der Waals surface area contributed by atoms with Gasteiger partial charge < -0.3 is 10.6 Å². The third-order valence-electron chi connectivity index (χ3n) is 3.59. The van der Waals surface area contributed by atoms with Crippen LogP contribution in [0.3, 0.4) is 0 Å². The van der Waals surface area contributed by atoms with Crippen LogP contribution < -0.4 is 10.6 Å². The van der Waals surface area contributed by atoms with E-state index in [1.165, 1.54) is 0 Å². The largest absolute Gasteiger partial charge is 0.396 e. The van der Waals surface area contributed by atoms with Crippen molar-refractivity contribution in [3.63, 3.8) is 0 Å². The number of rotatable bonds is 1. The van der Waals surface area contributed by atoms with E-state index in [4.69, 9.17) is 5.73 Å². The topological polar surface area (TPSA) is 63.4 Å². The highest BCUT2D eigenvalue weighted by Gasteiger charge is 2.31. The van der Waals surface area contributed by atoms with E-state index in [2.05, 4.69) is 0 Å². The van der Waals surface area contributed by atoms with Gasteiger partial charge in [0, 0.05) is 30.8 Å². The van der Waals surface area contributed by atoms with Crippen LogP contribution in [0.25, 0.3) is 0 Å². The molecule has 3 rings (SSSR count). The molecule has 1 aliphatic carbocycles. The third kappa shape index (κ3) is 1.54. The molecule has 0 atom stereocenters. The minimum atomic E-state index is -0.184. The maximum Gasteiger partial charge on any atom is 0.196 e. The van der Waals surface area contributed by atoms with E-state index < -0.39 is 0 Å². The van der Waals surface area contributed by atoms with E-state index in [1.807, 2.05) is 19.0 Å². The molecule has 2 aromatic rings. The van der Waals surface area contributed by atoms with Gasteiger partial charge in [0.15, 0.2) is 11.6 Å². The van der Waals surface area contributed by atoms with Gasteiger partial charge in [-0.05, 0) is 12.1 Å². The summed E-state index contributed by atoms with van der Waals surface area (Å²) in [5, 5.41) is 0. The second kappa shape index (κ2) is 4.20. The number of carbonyl (C=O) groups is 2. The summed E-state index contributed by atoms with van der Waals surface area (Å²) < 4.78 is 0. The normalized spacial score (nSPS) is 12.9. The number of hydrogen-bond donors (Lipinski definition) is 1. The van der Waals surface area contributed by atoms with E-state index >= 15 is 0 Å². The molecule has 2 aromatic carbocycles. The van der Waals surface area contributed by atoms with Gasteiger partial charge in [0.1, 0.15) is 0 Å². The van der Waals surface area contributed by atoms with Gasteiger partial charge in [0.25, 0.3) is 0 Å². The van der Waals surface area contributed by atoms with Crippen molar-refractivity contribution in [2.24, 2.45) is 0 Å². The first-order valence-electron chi connectivity index (χ1n) is 6.30. The van der Waals surface area contributed by atoms with Crippen LogP contribution in [-0.4, -0.2) is 25.7 Å². The summed E-state index contributed by atoms with van der Waals surface area (Å²) in [6.07, 6.45) is 0. The van der Waals surface area contributed by atoms with Crippen LogP contribution in [0, 0.1) is 0 Å². The van der Waals surface area contributed by atoms with E-state index in [1.54, 1.807) is 36.4 Å². The molecule has 4 heteroatoms. The Bertz CT molecular complexity index is 748. The lowest BCUT2D eigenvalue weighted by atomic mass is 9.83. The number of nitrogen functional groups attached to an aromatic ring is 1. The molecule has 100 valence electrons. The SMILES string of the molecule is CN(C)c1ccc2c(c1N)C(=O)c1ccccc1C2=O. The van der Waals surface area contributed by atoms with Crippen molar-refractivity contribution < 1.29 is 9.59 Å². The standard InChI is InChI=1S/C16H14N2O2/c1-18(2)12-8-7-11-13(14(12)17)16(20)10-6-4-3-5-9(10)15(11)19/h3-8H,17H2,1-2H3. The molecule has 0 aromatic heterocycles. The van der Waals surface area contributed by atoms with Gasteiger partial charge in [-0.2, -0.15) is 0 Å². The van der Waals surface area contributed by atoms with Crippen LogP contribution in [-0.2, 0) is 0 Å². The van der Waals surface area contributed by atoms with E-state index in [-0.39, 0.29) is 11.6 Å². The van der Waals surface area contributed by atoms with Crippen molar-refractivity contribution in [1.29, 1.82) is 0 Å². The van der Waals surface area contributed by atoms with Gasteiger partial charge in [-0.3, -0.25) is 9.59 Å². The fourth-order valence-electron chi connectivity index (χ4n) is 2.59. The summed E-state index contributed by atoms with van der Waals surface area (Å²) in [6, 6.07) is 10.3. The Morgan fingerprint density at radius 3 is 2.05 bits per heavy atom. The van der Waals surface area contributed by atoms with Crippen molar-refractivity contribution >= 4 is 22.9 Å². The Morgan fingerprint density at radius 2 is 1.45 bits per heavy atom. The third-order valence-corrected chi connectivity index (χ3v) is 3.59. The maximum atomic E-state index is 12.6. The van der Waals surface area contributed by atoms with Crippen molar-refractivity contribution in [3.05, 3.63) is 58.7 Å². The quantitative estimate of drug-likeness (QED) is 0.685. The first-order valence-corrected chi connectivity index (χ1v) is 6.30. The van der Waals surface area contributed by atoms with Crippen LogP contribution >= 0.6 is 0 Å². The molecule has 4 nitrogen and oxygen atoms in total. The predicted octanol–water partition coefficient (Wildman–Crippen LogP) is 2.11. The summed E-state index contributed by atoms with van der Waals surface area (Å²) in [5.41, 5.74) is 8.78. The molecule has 0 amide bonds. The van der Waals surface area contributed by atoms with Gasteiger partial charge >= 0.3 is 0 Å². The smallest absolute Gasteiger partial charge is 0.196 e. The summed E-state index contributed by atoms with van der Waals surface area (Å²) in [5.74, 6) is -0.330. The minimum Gasteiger partial charge on any atom is -0.396 e. The predicted molar refractivity (Wildman–Crippen MR) is 78.5 cm³/mol. The number of hydrogen-bond acceptors (Lipinski definition) is 4. The van der Waals surface area contributed by atoms with Crippen molar-refractivity contribution in [1.82, 2.24) is 0 Å². The first-order chi connectivity index (χ1) is 9.52. The van der Waals surface area contributed by atoms with Crippen LogP contribution in [0.15, 0.2) is 36.4 Å². The highest BCUT2D eigenvalue weighted by atomic mass is 16.1. The number of nitrogens with zero attached hydrogens (tertiary/aromatic N) is 1. The highest BCUT2D eigenvalue weighted by molar-refractivity contribution is 6.30. The lowest BCUT2D eigenvalue weighted by Crippen LogP contribution is -2.24. The minimum absolute atomic E-state index is 0.146. The van der Waals surface area contributed by atoms with Crippen molar-refractivity contribution in [3.8, 4) is 0 Å². The zero-order valence-corrected chi connectivity index (χ0v) is 11.3. The van der Waals surface area contributed by atoms with Crippen molar-refractivity contribution in [2.75, 3.05) is 24.7 Å². The number of anilines is 2. The van der Waals surface area contributed by atoms with E-state index in [0.29, 0.717) is 27.9 Å². The van der Waals surface area contributed by atoms with E-state index in [9.17, 15) is 9.59 Å². The van der Waals surface area contributed by atoms with Crippen LogP contribution in [0.1, 0.15) is 31.8 Å². The van der Waals surface area contributed by atoms with Crippen LogP contribution in [0.4, 0.5) is 11.4 Å². The number of carbonyl (C=O) groups excluding carboxylic acids is 2. The second-order valence-electron chi connectivity index (χ2n) is 5.02.